The normalized spacial score (nSPS) is 18.3. The van der Waals surface area contributed by atoms with Crippen LogP contribution in [0.5, 0.6) is 0 Å². The first-order valence-electron chi connectivity index (χ1n) is 8.57. The highest BCUT2D eigenvalue weighted by Crippen LogP contribution is 2.32. The molecule has 0 fully saturated rings. The lowest BCUT2D eigenvalue weighted by Gasteiger charge is -2.19. The van der Waals surface area contributed by atoms with Crippen LogP contribution in [0.2, 0.25) is 0 Å². The first-order chi connectivity index (χ1) is 11.1. The van der Waals surface area contributed by atoms with Gasteiger partial charge in [-0.2, -0.15) is 0 Å². The fourth-order valence-electron chi connectivity index (χ4n) is 3.27. The first kappa shape index (κ1) is 16.3. The molecule has 1 aromatic heterocycles. The number of aryl methyl sites for hydroxylation is 1. The minimum Gasteiger partial charge on any atom is -0.350 e. The van der Waals surface area contributed by atoms with Crippen LogP contribution in [0.1, 0.15) is 53.1 Å². The largest absolute Gasteiger partial charge is 0.350 e. The molecule has 0 radical (unpaired) electrons. The zero-order chi connectivity index (χ0) is 16.2. The molecule has 2 nitrogen and oxygen atoms in total. The number of amides is 1. The third-order valence-corrected chi connectivity index (χ3v) is 5.78. The predicted octanol–water partition coefficient (Wildman–Crippen LogP) is 4.62. The van der Waals surface area contributed by atoms with E-state index >= 15 is 0 Å². The number of fused-ring (bicyclic) bond motifs is 1. The highest BCUT2D eigenvalue weighted by Gasteiger charge is 2.23. The first-order valence-corrected chi connectivity index (χ1v) is 9.45. The van der Waals surface area contributed by atoms with E-state index in [4.69, 9.17) is 0 Å². The summed E-state index contributed by atoms with van der Waals surface area (Å²) in [6.07, 6.45) is 5.37. The highest BCUT2D eigenvalue weighted by atomic mass is 32.1. The molecule has 3 heteroatoms. The molecule has 1 N–H and O–H groups in total. The van der Waals surface area contributed by atoms with Crippen molar-refractivity contribution < 1.29 is 4.79 Å². The van der Waals surface area contributed by atoms with Gasteiger partial charge >= 0.3 is 0 Å². The van der Waals surface area contributed by atoms with Gasteiger partial charge in [0.25, 0.3) is 5.91 Å². The van der Waals surface area contributed by atoms with Gasteiger partial charge in [0, 0.05) is 16.3 Å². The number of hydrogen-bond donors (Lipinski definition) is 1. The van der Waals surface area contributed by atoms with Crippen LogP contribution >= 0.6 is 11.3 Å². The molecule has 0 spiro atoms. The molecule has 3 rings (SSSR count). The van der Waals surface area contributed by atoms with E-state index in [1.807, 2.05) is 6.07 Å². The molecule has 23 heavy (non-hydrogen) atoms. The number of rotatable bonds is 5. The van der Waals surface area contributed by atoms with Crippen LogP contribution in [-0.2, 0) is 19.3 Å². The van der Waals surface area contributed by atoms with Gasteiger partial charge in [-0.1, -0.05) is 37.3 Å². The minimum atomic E-state index is 0.109. The summed E-state index contributed by atoms with van der Waals surface area (Å²) in [4.78, 5) is 14.0. The summed E-state index contributed by atoms with van der Waals surface area (Å²) in [6, 6.07) is 10.7. The molecule has 0 saturated heterocycles. The monoisotopic (exact) mass is 327 g/mol. The van der Waals surface area contributed by atoms with Gasteiger partial charge in [0.2, 0.25) is 0 Å². The van der Waals surface area contributed by atoms with Crippen molar-refractivity contribution in [1.82, 2.24) is 5.32 Å². The van der Waals surface area contributed by atoms with E-state index in [1.54, 1.807) is 11.3 Å². The van der Waals surface area contributed by atoms with Crippen molar-refractivity contribution in [2.45, 2.75) is 52.0 Å². The highest BCUT2D eigenvalue weighted by molar-refractivity contribution is 7.10. The summed E-state index contributed by atoms with van der Waals surface area (Å²) in [5.74, 6) is 0.861. The zero-order valence-corrected chi connectivity index (χ0v) is 14.8. The number of benzene rings is 1. The Hall–Kier alpha value is -1.61. The van der Waals surface area contributed by atoms with Crippen LogP contribution in [0.15, 0.2) is 35.7 Å². The molecular weight excluding hydrogens is 302 g/mol. The number of hydrogen-bond acceptors (Lipinski definition) is 2. The average molecular weight is 327 g/mol. The van der Waals surface area contributed by atoms with E-state index in [-0.39, 0.29) is 11.9 Å². The van der Waals surface area contributed by atoms with Crippen LogP contribution < -0.4 is 5.32 Å². The Bertz CT molecular complexity index is 662. The Labute approximate surface area is 142 Å². The number of carbonyl (C=O) groups is 1. The molecule has 0 aliphatic heterocycles. The topological polar surface area (TPSA) is 29.1 Å². The van der Waals surface area contributed by atoms with Gasteiger partial charge in [-0.15, -0.1) is 11.3 Å². The second-order valence-corrected chi connectivity index (χ2v) is 7.76. The molecule has 1 aliphatic rings. The van der Waals surface area contributed by atoms with Crippen molar-refractivity contribution in [2.75, 3.05) is 0 Å². The lowest BCUT2D eigenvalue weighted by molar-refractivity contribution is 0.0937. The van der Waals surface area contributed by atoms with E-state index < -0.39 is 0 Å². The standard InChI is InChI=1S/C20H25NOS/c1-14-8-11-17-18(13-23-19(17)12-14)20(22)21-15(2)9-10-16-6-4-3-5-7-16/h3-7,13-15H,8-12H2,1-2H3,(H,21,22)/t14-,15+/m0/s1. The number of carbonyl (C=O) groups excluding carboxylic acids is 1. The minimum absolute atomic E-state index is 0.109. The van der Waals surface area contributed by atoms with E-state index in [1.165, 1.54) is 22.4 Å². The van der Waals surface area contributed by atoms with Crippen LogP contribution in [0.3, 0.4) is 0 Å². The Balaban J connectivity index is 1.57. The van der Waals surface area contributed by atoms with E-state index in [2.05, 4.69) is 48.8 Å². The smallest absolute Gasteiger partial charge is 0.252 e. The Morgan fingerprint density at radius 3 is 2.91 bits per heavy atom. The number of thiophene rings is 1. The zero-order valence-electron chi connectivity index (χ0n) is 14.0. The molecule has 0 bridgehead atoms. The van der Waals surface area contributed by atoms with Crippen molar-refractivity contribution in [1.29, 1.82) is 0 Å². The van der Waals surface area contributed by atoms with Crippen molar-refractivity contribution in [3.63, 3.8) is 0 Å². The van der Waals surface area contributed by atoms with Crippen molar-refractivity contribution in [2.24, 2.45) is 5.92 Å². The van der Waals surface area contributed by atoms with Crippen LogP contribution in [-0.4, -0.2) is 11.9 Å². The van der Waals surface area contributed by atoms with Gasteiger partial charge in [0.15, 0.2) is 0 Å². The van der Waals surface area contributed by atoms with Gasteiger partial charge in [0.05, 0.1) is 5.56 Å². The third-order valence-electron chi connectivity index (χ3n) is 4.73. The molecule has 1 amide bonds. The fraction of sp³-hybridized carbons (Fsp3) is 0.450. The maximum absolute atomic E-state index is 12.6. The number of nitrogens with one attached hydrogen (secondary N) is 1. The van der Waals surface area contributed by atoms with Crippen molar-refractivity contribution >= 4 is 17.2 Å². The lowest BCUT2D eigenvalue weighted by Crippen LogP contribution is -2.33. The summed E-state index contributed by atoms with van der Waals surface area (Å²) >= 11 is 1.76. The van der Waals surface area contributed by atoms with Crippen molar-refractivity contribution in [3.8, 4) is 0 Å². The maximum Gasteiger partial charge on any atom is 0.252 e. The summed E-state index contributed by atoms with van der Waals surface area (Å²) < 4.78 is 0. The summed E-state index contributed by atoms with van der Waals surface area (Å²) in [5, 5.41) is 5.24. The van der Waals surface area contributed by atoms with E-state index in [0.29, 0.717) is 0 Å². The van der Waals surface area contributed by atoms with Gasteiger partial charge in [-0.05, 0) is 56.1 Å². The Kier molecular flexibility index (Phi) is 5.16. The lowest BCUT2D eigenvalue weighted by atomic mass is 9.88. The van der Waals surface area contributed by atoms with Gasteiger partial charge in [0.1, 0.15) is 0 Å². The molecule has 1 aromatic carbocycles. The second kappa shape index (κ2) is 7.31. The molecule has 2 atom stereocenters. The molecule has 1 heterocycles. The molecule has 2 aromatic rings. The summed E-state index contributed by atoms with van der Waals surface area (Å²) in [7, 11) is 0. The van der Waals surface area contributed by atoms with Crippen molar-refractivity contribution in [3.05, 3.63) is 57.3 Å². The predicted molar refractivity (Wildman–Crippen MR) is 97.2 cm³/mol. The van der Waals surface area contributed by atoms with Crippen LogP contribution in [0.4, 0.5) is 0 Å². The van der Waals surface area contributed by atoms with Gasteiger partial charge in [-0.3, -0.25) is 4.79 Å². The maximum atomic E-state index is 12.6. The quantitative estimate of drug-likeness (QED) is 0.853. The second-order valence-electron chi connectivity index (χ2n) is 6.80. The third kappa shape index (κ3) is 4.03. The summed E-state index contributed by atoms with van der Waals surface area (Å²) in [6.45, 7) is 4.40. The molecular formula is C20H25NOS. The van der Waals surface area contributed by atoms with E-state index in [0.717, 1.165) is 37.2 Å². The molecule has 0 unspecified atom stereocenters. The van der Waals surface area contributed by atoms with Crippen LogP contribution in [0.25, 0.3) is 0 Å². The Morgan fingerprint density at radius 2 is 2.13 bits per heavy atom. The SMILES string of the molecule is C[C@H]1CCc2c(C(=O)N[C@H](C)CCc3ccccc3)csc2C1. The van der Waals surface area contributed by atoms with Gasteiger partial charge < -0.3 is 5.32 Å². The molecule has 122 valence electrons. The molecule has 1 aliphatic carbocycles. The Morgan fingerprint density at radius 1 is 1.35 bits per heavy atom. The average Bonchev–Trinajstić information content (AvgIpc) is 2.97. The molecule has 0 saturated carbocycles. The van der Waals surface area contributed by atoms with Gasteiger partial charge in [-0.25, -0.2) is 0 Å². The summed E-state index contributed by atoms with van der Waals surface area (Å²) in [5.41, 5.74) is 3.56. The van der Waals surface area contributed by atoms with Crippen LogP contribution in [0, 0.1) is 5.92 Å². The van der Waals surface area contributed by atoms with E-state index in [9.17, 15) is 4.79 Å². The fourth-order valence-corrected chi connectivity index (χ4v) is 4.51.